The lowest BCUT2D eigenvalue weighted by molar-refractivity contribution is -0.126. The summed E-state index contributed by atoms with van der Waals surface area (Å²) in [6, 6.07) is 7.36. The lowest BCUT2D eigenvalue weighted by Gasteiger charge is -2.25. The van der Waals surface area contributed by atoms with Crippen LogP contribution < -0.4 is 11.1 Å². The number of carbonyl (C=O) groups excluding carboxylic acids is 1. The van der Waals surface area contributed by atoms with Crippen LogP contribution in [0.3, 0.4) is 0 Å². The number of carbonyl (C=O) groups is 1. The molecule has 0 aliphatic rings. The predicted molar refractivity (Wildman–Crippen MR) is 75.5 cm³/mol. The first kappa shape index (κ1) is 15.0. The summed E-state index contributed by atoms with van der Waals surface area (Å²) in [7, 11) is 0. The van der Waals surface area contributed by atoms with E-state index in [0.717, 1.165) is 12.0 Å². The van der Waals surface area contributed by atoms with E-state index in [9.17, 15) is 4.79 Å². The van der Waals surface area contributed by atoms with Crippen molar-refractivity contribution < 1.29 is 4.79 Å². The van der Waals surface area contributed by atoms with E-state index in [-0.39, 0.29) is 11.9 Å². The Morgan fingerprint density at radius 3 is 2.50 bits per heavy atom. The molecule has 1 rings (SSSR count). The Balaban J connectivity index is 2.67. The molecule has 3 N–H and O–H groups in total. The highest BCUT2D eigenvalue weighted by atomic mass is 35.5. The number of nitrogens with one attached hydrogen (secondary N) is 1. The van der Waals surface area contributed by atoms with Crippen LogP contribution in [-0.2, 0) is 4.79 Å². The zero-order valence-corrected chi connectivity index (χ0v) is 11.9. The molecule has 0 radical (unpaired) electrons. The van der Waals surface area contributed by atoms with Crippen LogP contribution in [0, 0.1) is 0 Å². The zero-order valence-electron chi connectivity index (χ0n) is 11.2. The summed E-state index contributed by atoms with van der Waals surface area (Å²) in [5.74, 6) is -0.119. The molecule has 2 atom stereocenters. The number of hydrogen-bond acceptors (Lipinski definition) is 2. The first-order chi connectivity index (χ1) is 8.36. The molecule has 0 aliphatic carbocycles. The van der Waals surface area contributed by atoms with Crippen molar-refractivity contribution in [3.63, 3.8) is 0 Å². The second-order valence-electron chi connectivity index (χ2n) is 4.91. The molecule has 0 aliphatic heterocycles. The van der Waals surface area contributed by atoms with Gasteiger partial charge in [-0.2, -0.15) is 0 Å². The number of amides is 1. The van der Waals surface area contributed by atoms with E-state index < -0.39 is 5.54 Å². The van der Waals surface area contributed by atoms with Gasteiger partial charge in [-0.25, -0.2) is 0 Å². The Kier molecular flexibility index (Phi) is 5.17. The Bertz CT molecular complexity index is 401. The Morgan fingerprint density at radius 1 is 1.44 bits per heavy atom. The molecule has 0 fully saturated rings. The second kappa shape index (κ2) is 6.21. The topological polar surface area (TPSA) is 55.1 Å². The van der Waals surface area contributed by atoms with Gasteiger partial charge >= 0.3 is 0 Å². The Labute approximate surface area is 114 Å². The first-order valence-electron chi connectivity index (χ1n) is 6.22. The van der Waals surface area contributed by atoms with Crippen LogP contribution in [-0.4, -0.2) is 11.4 Å². The van der Waals surface area contributed by atoms with Gasteiger partial charge in [0, 0.05) is 5.02 Å². The molecule has 4 heteroatoms. The van der Waals surface area contributed by atoms with E-state index in [1.165, 1.54) is 0 Å². The van der Waals surface area contributed by atoms with Crippen molar-refractivity contribution >= 4 is 17.5 Å². The minimum atomic E-state index is -0.810. The fourth-order valence-corrected chi connectivity index (χ4v) is 1.96. The lowest BCUT2D eigenvalue weighted by Crippen LogP contribution is -2.51. The summed E-state index contributed by atoms with van der Waals surface area (Å²) in [5, 5.41) is 3.62. The number of halogens is 1. The highest BCUT2D eigenvalue weighted by molar-refractivity contribution is 6.30. The SMILES string of the molecule is CCCC(C)(N)C(=O)NC(C)c1ccc(Cl)cc1. The van der Waals surface area contributed by atoms with Crippen molar-refractivity contribution in [2.24, 2.45) is 5.73 Å². The summed E-state index contributed by atoms with van der Waals surface area (Å²) < 4.78 is 0. The summed E-state index contributed by atoms with van der Waals surface area (Å²) in [4.78, 5) is 12.0. The molecular weight excluding hydrogens is 248 g/mol. The maximum absolute atomic E-state index is 12.0. The monoisotopic (exact) mass is 268 g/mol. The molecule has 1 aromatic rings. The normalized spacial score (nSPS) is 15.8. The smallest absolute Gasteiger partial charge is 0.240 e. The number of benzene rings is 1. The molecule has 0 aromatic heterocycles. The van der Waals surface area contributed by atoms with E-state index in [1.54, 1.807) is 6.92 Å². The molecule has 3 nitrogen and oxygen atoms in total. The van der Waals surface area contributed by atoms with Gasteiger partial charge in [-0.1, -0.05) is 37.1 Å². The molecule has 0 saturated heterocycles. The van der Waals surface area contributed by atoms with E-state index in [2.05, 4.69) is 5.32 Å². The molecule has 1 aromatic carbocycles. The molecular formula is C14H21ClN2O. The van der Waals surface area contributed by atoms with Crippen LogP contribution in [0.1, 0.15) is 45.2 Å². The molecule has 18 heavy (non-hydrogen) atoms. The molecule has 0 bridgehead atoms. The largest absolute Gasteiger partial charge is 0.348 e. The van der Waals surface area contributed by atoms with Gasteiger partial charge in [0.15, 0.2) is 0 Å². The van der Waals surface area contributed by atoms with Crippen molar-refractivity contribution in [3.8, 4) is 0 Å². The Hall–Kier alpha value is -1.06. The average molecular weight is 269 g/mol. The first-order valence-corrected chi connectivity index (χ1v) is 6.60. The van der Waals surface area contributed by atoms with Crippen LogP contribution >= 0.6 is 11.6 Å². The van der Waals surface area contributed by atoms with Gasteiger partial charge < -0.3 is 11.1 Å². The molecule has 0 saturated carbocycles. The van der Waals surface area contributed by atoms with Gasteiger partial charge in [-0.05, 0) is 38.0 Å². The maximum atomic E-state index is 12.0. The standard InChI is InChI=1S/C14H21ClN2O/c1-4-9-14(3,16)13(18)17-10(2)11-5-7-12(15)8-6-11/h5-8,10H,4,9,16H2,1-3H3,(H,17,18). The van der Waals surface area contributed by atoms with Gasteiger partial charge in [-0.3, -0.25) is 4.79 Å². The molecule has 100 valence electrons. The fourth-order valence-electron chi connectivity index (χ4n) is 1.83. The van der Waals surface area contributed by atoms with E-state index in [1.807, 2.05) is 38.1 Å². The third-order valence-electron chi connectivity index (χ3n) is 3.01. The fraction of sp³-hybridized carbons (Fsp3) is 0.500. The quantitative estimate of drug-likeness (QED) is 0.862. The summed E-state index contributed by atoms with van der Waals surface area (Å²) in [6.07, 6.45) is 1.56. The van der Waals surface area contributed by atoms with Gasteiger partial charge in [0.2, 0.25) is 5.91 Å². The Morgan fingerprint density at radius 2 is 2.00 bits per heavy atom. The van der Waals surface area contributed by atoms with Crippen molar-refractivity contribution in [2.45, 2.75) is 45.2 Å². The van der Waals surface area contributed by atoms with Crippen molar-refractivity contribution in [3.05, 3.63) is 34.9 Å². The van der Waals surface area contributed by atoms with Crippen molar-refractivity contribution in [1.29, 1.82) is 0 Å². The van der Waals surface area contributed by atoms with E-state index >= 15 is 0 Å². The van der Waals surface area contributed by atoms with E-state index in [4.69, 9.17) is 17.3 Å². The van der Waals surface area contributed by atoms with Crippen LogP contribution in [0.15, 0.2) is 24.3 Å². The summed E-state index contributed by atoms with van der Waals surface area (Å²) in [5.41, 5.74) is 6.19. The average Bonchev–Trinajstić information content (AvgIpc) is 2.29. The molecule has 2 unspecified atom stereocenters. The van der Waals surface area contributed by atoms with Gasteiger partial charge in [-0.15, -0.1) is 0 Å². The van der Waals surface area contributed by atoms with Crippen LogP contribution in [0.4, 0.5) is 0 Å². The van der Waals surface area contributed by atoms with Gasteiger partial charge in [0.25, 0.3) is 0 Å². The van der Waals surface area contributed by atoms with Crippen LogP contribution in [0.2, 0.25) is 5.02 Å². The van der Waals surface area contributed by atoms with Crippen LogP contribution in [0.5, 0.6) is 0 Å². The van der Waals surface area contributed by atoms with Crippen molar-refractivity contribution in [2.75, 3.05) is 0 Å². The third-order valence-corrected chi connectivity index (χ3v) is 3.26. The highest BCUT2D eigenvalue weighted by Gasteiger charge is 2.28. The number of hydrogen-bond donors (Lipinski definition) is 2. The lowest BCUT2D eigenvalue weighted by atomic mass is 9.95. The second-order valence-corrected chi connectivity index (χ2v) is 5.35. The third kappa shape index (κ3) is 4.00. The number of nitrogens with two attached hydrogens (primary N) is 1. The summed E-state index contributed by atoms with van der Waals surface area (Å²) >= 11 is 5.83. The minimum absolute atomic E-state index is 0.0745. The minimum Gasteiger partial charge on any atom is -0.348 e. The molecule has 0 spiro atoms. The number of rotatable bonds is 5. The van der Waals surface area contributed by atoms with Gasteiger partial charge in [0.1, 0.15) is 0 Å². The summed E-state index contributed by atoms with van der Waals surface area (Å²) in [6.45, 7) is 5.71. The maximum Gasteiger partial charge on any atom is 0.240 e. The van der Waals surface area contributed by atoms with Crippen molar-refractivity contribution in [1.82, 2.24) is 5.32 Å². The van der Waals surface area contributed by atoms with Gasteiger partial charge in [0.05, 0.1) is 11.6 Å². The predicted octanol–water partition coefficient (Wildman–Crippen LogP) is 3.03. The molecule has 0 heterocycles. The van der Waals surface area contributed by atoms with Crippen LogP contribution in [0.25, 0.3) is 0 Å². The highest BCUT2D eigenvalue weighted by Crippen LogP contribution is 2.17. The van der Waals surface area contributed by atoms with E-state index in [0.29, 0.717) is 11.4 Å². The zero-order chi connectivity index (χ0) is 13.8. The molecule has 1 amide bonds.